The average molecular weight is 208 g/mol. The van der Waals surface area contributed by atoms with Crippen LogP contribution in [0.15, 0.2) is 24.3 Å². The van der Waals surface area contributed by atoms with Crippen molar-refractivity contribution in [2.24, 2.45) is 0 Å². The van der Waals surface area contributed by atoms with Crippen molar-refractivity contribution in [3.8, 4) is 0 Å². The lowest BCUT2D eigenvalue weighted by atomic mass is 10.2. The Labute approximate surface area is 87.1 Å². The number of carbonyl (C=O) groups excluding carboxylic acids is 2. The van der Waals surface area contributed by atoms with E-state index in [-0.39, 0.29) is 5.91 Å². The lowest BCUT2D eigenvalue weighted by molar-refractivity contribution is -0.118. The highest BCUT2D eigenvalue weighted by Crippen LogP contribution is 2.20. The van der Waals surface area contributed by atoms with Crippen LogP contribution in [0.1, 0.15) is 6.92 Å². The van der Waals surface area contributed by atoms with Crippen LogP contribution >= 0.6 is 0 Å². The highest BCUT2D eigenvalue weighted by molar-refractivity contribution is 5.99. The Morgan fingerprint density at radius 1 is 1.20 bits per heavy atom. The summed E-state index contributed by atoms with van der Waals surface area (Å²) >= 11 is 0. The third-order valence-corrected chi connectivity index (χ3v) is 1.66. The predicted molar refractivity (Wildman–Crippen MR) is 56.5 cm³/mol. The van der Waals surface area contributed by atoms with Gasteiger partial charge in [-0.15, -0.1) is 0 Å². The summed E-state index contributed by atoms with van der Waals surface area (Å²) in [6.45, 7) is 0.791. The van der Waals surface area contributed by atoms with Crippen molar-refractivity contribution in [1.82, 2.24) is 0 Å². The summed E-state index contributed by atoms with van der Waals surface area (Å²) < 4.78 is 0. The Bertz CT molecular complexity index is 377. The molecule has 0 atom stereocenters. The first-order valence-corrected chi connectivity index (χ1v) is 4.41. The number of amides is 2. The van der Waals surface area contributed by atoms with E-state index in [1.807, 2.05) is 0 Å². The highest BCUT2D eigenvalue weighted by atomic mass is 16.3. The molecule has 80 valence electrons. The number of para-hydroxylation sites is 2. The van der Waals surface area contributed by atoms with E-state index in [0.717, 1.165) is 0 Å². The van der Waals surface area contributed by atoms with Gasteiger partial charge in [0.1, 0.15) is 6.61 Å². The van der Waals surface area contributed by atoms with Crippen LogP contribution in [0.2, 0.25) is 0 Å². The molecule has 5 nitrogen and oxygen atoms in total. The van der Waals surface area contributed by atoms with Gasteiger partial charge in [-0.1, -0.05) is 12.1 Å². The largest absolute Gasteiger partial charge is 0.387 e. The van der Waals surface area contributed by atoms with E-state index in [1.165, 1.54) is 6.92 Å². The zero-order valence-electron chi connectivity index (χ0n) is 8.28. The van der Waals surface area contributed by atoms with Gasteiger partial charge in [-0.05, 0) is 12.1 Å². The van der Waals surface area contributed by atoms with Crippen LogP contribution in [-0.4, -0.2) is 23.5 Å². The standard InChI is InChI=1S/C10H12N2O3/c1-7(14)11-8-4-2-3-5-9(8)12-10(15)6-13/h2-5,13H,6H2,1H3,(H,11,14)(H,12,15). The average Bonchev–Trinajstić information content (AvgIpc) is 2.20. The van der Waals surface area contributed by atoms with Crippen molar-refractivity contribution in [1.29, 1.82) is 0 Å². The van der Waals surface area contributed by atoms with Crippen molar-refractivity contribution in [2.75, 3.05) is 17.2 Å². The first-order chi connectivity index (χ1) is 7.13. The number of hydrogen-bond acceptors (Lipinski definition) is 3. The van der Waals surface area contributed by atoms with E-state index >= 15 is 0 Å². The first-order valence-electron chi connectivity index (χ1n) is 4.41. The summed E-state index contributed by atoms with van der Waals surface area (Å²) in [5.41, 5.74) is 0.971. The second-order valence-corrected chi connectivity index (χ2v) is 2.93. The molecule has 1 aromatic carbocycles. The van der Waals surface area contributed by atoms with Crippen LogP contribution < -0.4 is 10.6 Å². The van der Waals surface area contributed by atoms with Crippen LogP contribution in [0.3, 0.4) is 0 Å². The number of hydrogen-bond donors (Lipinski definition) is 3. The van der Waals surface area contributed by atoms with Crippen LogP contribution in [-0.2, 0) is 9.59 Å². The quantitative estimate of drug-likeness (QED) is 0.679. The first kappa shape index (κ1) is 11.2. The molecule has 5 heteroatoms. The van der Waals surface area contributed by atoms with E-state index in [0.29, 0.717) is 11.4 Å². The minimum absolute atomic E-state index is 0.222. The van der Waals surface area contributed by atoms with Crippen molar-refractivity contribution in [3.05, 3.63) is 24.3 Å². The summed E-state index contributed by atoms with van der Waals surface area (Å²) in [5.74, 6) is -0.742. The van der Waals surface area contributed by atoms with Gasteiger partial charge >= 0.3 is 0 Å². The van der Waals surface area contributed by atoms with Gasteiger partial charge in [0.15, 0.2) is 0 Å². The molecule has 0 aliphatic carbocycles. The van der Waals surface area contributed by atoms with Crippen LogP contribution in [0, 0.1) is 0 Å². The van der Waals surface area contributed by atoms with Crippen molar-refractivity contribution >= 4 is 23.2 Å². The Kier molecular flexibility index (Phi) is 3.82. The Morgan fingerprint density at radius 2 is 1.73 bits per heavy atom. The number of carbonyl (C=O) groups is 2. The van der Waals surface area contributed by atoms with Crippen LogP contribution in [0.4, 0.5) is 11.4 Å². The van der Waals surface area contributed by atoms with E-state index in [1.54, 1.807) is 24.3 Å². The molecule has 0 radical (unpaired) electrons. The number of anilines is 2. The molecule has 0 aromatic heterocycles. The molecule has 0 aliphatic heterocycles. The minimum atomic E-state index is -0.589. The van der Waals surface area contributed by atoms with E-state index < -0.39 is 12.5 Å². The molecule has 0 heterocycles. The second-order valence-electron chi connectivity index (χ2n) is 2.93. The third kappa shape index (κ3) is 3.40. The third-order valence-electron chi connectivity index (χ3n) is 1.66. The molecular formula is C10H12N2O3. The lowest BCUT2D eigenvalue weighted by Gasteiger charge is -2.09. The molecule has 3 N–H and O–H groups in total. The number of aliphatic hydroxyl groups excluding tert-OH is 1. The Hall–Kier alpha value is -1.88. The maximum Gasteiger partial charge on any atom is 0.250 e. The SMILES string of the molecule is CC(=O)Nc1ccccc1NC(=O)CO. The molecule has 15 heavy (non-hydrogen) atoms. The molecule has 0 saturated heterocycles. The monoisotopic (exact) mass is 208 g/mol. The Balaban J connectivity index is 2.85. The normalized spacial score (nSPS) is 9.47. The van der Waals surface area contributed by atoms with Gasteiger partial charge in [0.05, 0.1) is 11.4 Å². The van der Waals surface area contributed by atoms with Gasteiger partial charge in [0.2, 0.25) is 11.8 Å². The van der Waals surface area contributed by atoms with Crippen LogP contribution in [0.5, 0.6) is 0 Å². The van der Waals surface area contributed by atoms with Gasteiger partial charge < -0.3 is 15.7 Å². The van der Waals surface area contributed by atoms with Gasteiger partial charge in [0.25, 0.3) is 0 Å². The summed E-state index contributed by atoms with van der Waals surface area (Å²) in [6.07, 6.45) is 0. The van der Waals surface area contributed by atoms with Crippen molar-refractivity contribution in [3.63, 3.8) is 0 Å². The molecule has 2 amide bonds. The summed E-state index contributed by atoms with van der Waals surface area (Å²) in [6, 6.07) is 6.76. The minimum Gasteiger partial charge on any atom is -0.387 e. The highest BCUT2D eigenvalue weighted by Gasteiger charge is 2.05. The topological polar surface area (TPSA) is 78.4 Å². The molecular weight excluding hydrogens is 196 g/mol. The molecule has 0 bridgehead atoms. The van der Waals surface area contributed by atoms with E-state index in [4.69, 9.17) is 5.11 Å². The fourth-order valence-electron chi connectivity index (χ4n) is 1.08. The molecule has 1 aromatic rings. The van der Waals surface area contributed by atoms with Gasteiger partial charge in [0, 0.05) is 6.92 Å². The zero-order valence-corrected chi connectivity index (χ0v) is 8.28. The molecule has 1 rings (SSSR count). The van der Waals surface area contributed by atoms with Crippen LogP contribution in [0.25, 0.3) is 0 Å². The number of benzene rings is 1. The molecule has 0 saturated carbocycles. The number of aliphatic hydroxyl groups is 1. The van der Waals surface area contributed by atoms with Crippen molar-refractivity contribution in [2.45, 2.75) is 6.92 Å². The zero-order chi connectivity index (χ0) is 11.3. The van der Waals surface area contributed by atoms with Gasteiger partial charge in [-0.3, -0.25) is 9.59 Å². The smallest absolute Gasteiger partial charge is 0.250 e. The fraction of sp³-hybridized carbons (Fsp3) is 0.200. The van der Waals surface area contributed by atoms with Gasteiger partial charge in [-0.25, -0.2) is 0 Å². The van der Waals surface area contributed by atoms with Crippen molar-refractivity contribution < 1.29 is 14.7 Å². The summed E-state index contributed by atoms with van der Waals surface area (Å²) in [5, 5.41) is 13.6. The van der Waals surface area contributed by atoms with E-state index in [2.05, 4.69) is 10.6 Å². The fourth-order valence-corrected chi connectivity index (χ4v) is 1.08. The molecule has 0 aliphatic rings. The summed E-state index contributed by atoms with van der Waals surface area (Å²) in [7, 11) is 0. The summed E-state index contributed by atoms with van der Waals surface area (Å²) in [4.78, 5) is 21.8. The maximum atomic E-state index is 10.9. The van der Waals surface area contributed by atoms with Gasteiger partial charge in [-0.2, -0.15) is 0 Å². The molecule has 0 unspecified atom stereocenters. The van der Waals surface area contributed by atoms with E-state index in [9.17, 15) is 9.59 Å². The predicted octanol–water partition coefficient (Wildman–Crippen LogP) is 0.576. The Morgan fingerprint density at radius 3 is 2.20 bits per heavy atom. The number of nitrogens with one attached hydrogen (secondary N) is 2. The number of rotatable bonds is 3. The lowest BCUT2D eigenvalue weighted by Crippen LogP contribution is -2.17. The molecule has 0 spiro atoms. The molecule has 0 fully saturated rings. The maximum absolute atomic E-state index is 10.9. The second kappa shape index (κ2) is 5.11.